The molecule has 0 N–H and O–H groups in total. The third-order valence-corrected chi connectivity index (χ3v) is 6.44. The predicted molar refractivity (Wildman–Crippen MR) is 113 cm³/mol. The van der Waals surface area contributed by atoms with Crippen molar-refractivity contribution in [3.05, 3.63) is 59.7 Å². The quantitative estimate of drug-likeness (QED) is 0.602. The number of hydrogen-bond donors (Lipinski definition) is 0. The van der Waals surface area contributed by atoms with Crippen molar-refractivity contribution in [1.82, 2.24) is 14.5 Å². The smallest absolute Gasteiger partial charge is 0.124 e. The lowest BCUT2D eigenvalue weighted by Crippen LogP contribution is -2.34. The molecule has 3 heterocycles. The monoisotopic (exact) mass is 393 g/mol. The number of likely N-dealkylation sites (tertiary alicyclic amines) is 1. The molecule has 1 fully saturated rings. The van der Waals surface area contributed by atoms with Crippen LogP contribution in [0.15, 0.2) is 42.5 Å². The van der Waals surface area contributed by atoms with Crippen molar-refractivity contribution in [2.75, 3.05) is 19.7 Å². The number of hydrogen-bond acceptors (Lipinski definition) is 3. The van der Waals surface area contributed by atoms with E-state index in [-0.39, 0.29) is 5.82 Å². The van der Waals surface area contributed by atoms with Crippen molar-refractivity contribution in [2.24, 2.45) is 5.92 Å². The summed E-state index contributed by atoms with van der Waals surface area (Å²) in [4.78, 5) is 7.51. The Morgan fingerprint density at radius 2 is 1.86 bits per heavy atom. The number of para-hydroxylation sites is 1. The van der Waals surface area contributed by atoms with Gasteiger partial charge in [-0.2, -0.15) is 0 Å². The lowest BCUT2D eigenvalue weighted by atomic mass is 9.94. The molecule has 1 saturated heterocycles. The van der Waals surface area contributed by atoms with Crippen LogP contribution in [0.5, 0.6) is 5.75 Å². The molecule has 0 aliphatic carbocycles. The van der Waals surface area contributed by atoms with E-state index in [1.165, 1.54) is 54.7 Å². The molecule has 0 saturated carbocycles. The van der Waals surface area contributed by atoms with Crippen LogP contribution in [0.4, 0.5) is 4.39 Å². The fourth-order valence-electron chi connectivity index (χ4n) is 4.81. The third kappa shape index (κ3) is 4.01. The molecule has 5 heteroatoms. The summed E-state index contributed by atoms with van der Waals surface area (Å²) in [6.07, 6.45) is 5.86. The third-order valence-electron chi connectivity index (χ3n) is 6.44. The van der Waals surface area contributed by atoms with E-state index in [0.29, 0.717) is 12.5 Å². The normalized spacial score (nSPS) is 17.7. The van der Waals surface area contributed by atoms with Crippen LogP contribution in [0.1, 0.15) is 37.1 Å². The number of nitrogens with zero attached hydrogens (tertiary/aromatic N) is 3. The van der Waals surface area contributed by atoms with E-state index in [4.69, 9.17) is 9.72 Å². The molecule has 2 aliphatic heterocycles. The Bertz CT molecular complexity index is 974. The molecule has 0 bridgehead atoms. The topological polar surface area (TPSA) is 30.3 Å². The van der Waals surface area contributed by atoms with Crippen molar-refractivity contribution < 1.29 is 9.13 Å². The standard InChI is InChI=1S/C24H28FN3O/c25-20-6-8-21(9-7-20)29-16-12-18-10-14-27(15-11-18)17-23-26-22-5-1-3-19-4-2-13-28(23)24(19)22/h1,3,5-9,18H,2,4,10-17H2. The van der Waals surface area contributed by atoms with E-state index in [9.17, 15) is 4.39 Å². The SMILES string of the molecule is Fc1ccc(OCCC2CCN(Cc3nc4cccc5c4n3CCC5)CC2)cc1. The average molecular weight is 394 g/mol. The molecule has 3 aromatic rings. The number of rotatable bonds is 6. The van der Waals surface area contributed by atoms with Gasteiger partial charge >= 0.3 is 0 Å². The van der Waals surface area contributed by atoms with Crippen molar-refractivity contribution >= 4 is 11.0 Å². The maximum absolute atomic E-state index is 13.0. The van der Waals surface area contributed by atoms with Crippen molar-refractivity contribution in [3.63, 3.8) is 0 Å². The highest BCUT2D eigenvalue weighted by atomic mass is 19.1. The van der Waals surface area contributed by atoms with Gasteiger partial charge in [0.15, 0.2) is 0 Å². The second kappa shape index (κ2) is 8.15. The number of benzene rings is 2. The Hall–Kier alpha value is -2.40. The molecular weight excluding hydrogens is 365 g/mol. The molecule has 0 radical (unpaired) electrons. The van der Waals surface area contributed by atoms with Gasteiger partial charge in [-0.15, -0.1) is 0 Å². The maximum Gasteiger partial charge on any atom is 0.124 e. The lowest BCUT2D eigenvalue weighted by molar-refractivity contribution is 0.153. The molecule has 0 amide bonds. The summed E-state index contributed by atoms with van der Waals surface area (Å²) in [5, 5.41) is 0. The summed E-state index contributed by atoms with van der Waals surface area (Å²) >= 11 is 0. The van der Waals surface area contributed by atoms with E-state index >= 15 is 0 Å². The molecule has 29 heavy (non-hydrogen) atoms. The Labute approximate surface area is 171 Å². The van der Waals surface area contributed by atoms with E-state index in [1.807, 2.05) is 0 Å². The molecule has 152 valence electrons. The first-order valence-electron chi connectivity index (χ1n) is 10.8. The summed E-state index contributed by atoms with van der Waals surface area (Å²) < 4.78 is 21.2. The molecule has 1 aromatic heterocycles. The van der Waals surface area contributed by atoms with E-state index in [0.717, 1.165) is 43.9 Å². The van der Waals surface area contributed by atoms with Crippen LogP contribution < -0.4 is 4.74 Å². The first-order valence-corrected chi connectivity index (χ1v) is 10.8. The fraction of sp³-hybridized carbons (Fsp3) is 0.458. The second-order valence-electron chi connectivity index (χ2n) is 8.38. The zero-order chi connectivity index (χ0) is 19.6. The summed E-state index contributed by atoms with van der Waals surface area (Å²) in [5.41, 5.74) is 3.97. The lowest BCUT2D eigenvalue weighted by Gasteiger charge is -2.32. The van der Waals surface area contributed by atoms with Crippen molar-refractivity contribution in [1.29, 1.82) is 0 Å². The number of aryl methyl sites for hydroxylation is 2. The van der Waals surface area contributed by atoms with Crippen LogP contribution in [-0.4, -0.2) is 34.1 Å². The number of imidazole rings is 1. The summed E-state index contributed by atoms with van der Waals surface area (Å²) in [6.45, 7) is 5.00. The van der Waals surface area contributed by atoms with Gasteiger partial charge in [0.2, 0.25) is 0 Å². The highest BCUT2D eigenvalue weighted by Crippen LogP contribution is 2.28. The largest absolute Gasteiger partial charge is 0.494 e. The second-order valence-corrected chi connectivity index (χ2v) is 8.38. The summed E-state index contributed by atoms with van der Waals surface area (Å²) in [7, 11) is 0. The van der Waals surface area contributed by atoms with Gasteiger partial charge in [-0.25, -0.2) is 9.37 Å². The Morgan fingerprint density at radius 1 is 1.03 bits per heavy atom. The minimum absolute atomic E-state index is 0.222. The Morgan fingerprint density at radius 3 is 2.69 bits per heavy atom. The first-order chi connectivity index (χ1) is 14.3. The van der Waals surface area contributed by atoms with Gasteiger partial charge in [0.05, 0.1) is 24.2 Å². The highest BCUT2D eigenvalue weighted by Gasteiger charge is 2.23. The predicted octanol–water partition coefficient (Wildman–Crippen LogP) is 4.80. The van der Waals surface area contributed by atoms with E-state index in [2.05, 4.69) is 27.7 Å². The van der Waals surface area contributed by atoms with Crippen LogP contribution in [0.2, 0.25) is 0 Å². The number of piperidine rings is 1. The van der Waals surface area contributed by atoms with Gasteiger partial charge in [0.25, 0.3) is 0 Å². The minimum atomic E-state index is -0.222. The van der Waals surface area contributed by atoms with E-state index < -0.39 is 0 Å². The summed E-state index contributed by atoms with van der Waals surface area (Å²) in [5.74, 6) is 2.46. The zero-order valence-electron chi connectivity index (χ0n) is 16.8. The highest BCUT2D eigenvalue weighted by molar-refractivity contribution is 5.80. The molecular formula is C24H28FN3O. The van der Waals surface area contributed by atoms with Crippen LogP contribution in [-0.2, 0) is 19.5 Å². The molecule has 2 aliphatic rings. The molecule has 0 atom stereocenters. The number of aromatic nitrogens is 2. The first kappa shape index (κ1) is 18.6. The Kier molecular flexibility index (Phi) is 5.23. The molecule has 0 unspecified atom stereocenters. The number of ether oxygens (including phenoxy) is 1. The van der Waals surface area contributed by atoms with Crippen LogP contribution >= 0.6 is 0 Å². The Balaban J connectivity index is 1.13. The van der Waals surface area contributed by atoms with Crippen LogP contribution in [0, 0.1) is 11.7 Å². The summed E-state index contributed by atoms with van der Waals surface area (Å²) in [6, 6.07) is 12.8. The molecule has 0 spiro atoms. The zero-order valence-corrected chi connectivity index (χ0v) is 16.8. The van der Waals surface area contributed by atoms with Gasteiger partial charge in [-0.1, -0.05) is 12.1 Å². The number of halogens is 1. The van der Waals surface area contributed by atoms with Gasteiger partial charge in [0.1, 0.15) is 17.4 Å². The molecule has 5 rings (SSSR count). The van der Waals surface area contributed by atoms with Gasteiger partial charge in [0, 0.05) is 6.54 Å². The van der Waals surface area contributed by atoms with Gasteiger partial charge in [-0.05, 0) is 87.0 Å². The van der Waals surface area contributed by atoms with Crippen molar-refractivity contribution in [3.8, 4) is 5.75 Å². The minimum Gasteiger partial charge on any atom is -0.494 e. The van der Waals surface area contributed by atoms with E-state index in [1.54, 1.807) is 12.1 Å². The van der Waals surface area contributed by atoms with Crippen LogP contribution in [0.25, 0.3) is 11.0 Å². The van der Waals surface area contributed by atoms with Gasteiger partial charge in [-0.3, -0.25) is 4.90 Å². The fourth-order valence-corrected chi connectivity index (χ4v) is 4.81. The average Bonchev–Trinajstić information content (AvgIpc) is 3.10. The van der Waals surface area contributed by atoms with Crippen LogP contribution in [0.3, 0.4) is 0 Å². The maximum atomic E-state index is 13.0. The van der Waals surface area contributed by atoms with Gasteiger partial charge < -0.3 is 9.30 Å². The van der Waals surface area contributed by atoms with Crippen molar-refractivity contribution in [2.45, 2.75) is 45.2 Å². The molecule has 2 aromatic carbocycles. The molecule has 4 nitrogen and oxygen atoms in total.